The molecule has 0 N–H and O–H groups in total. The van der Waals surface area contributed by atoms with Crippen LogP contribution in [0.15, 0.2) is 24.3 Å². The second-order valence-corrected chi connectivity index (χ2v) is 2.87. The molecule has 0 radical (unpaired) electrons. The van der Waals surface area contributed by atoms with E-state index in [0.29, 0.717) is 0 Å². The van der Waals surface area contributed by atoms with Crippen molar-refractivity contribution in [2.75, 3.05) is 6.26 Å². The highest BCUT2D eigenvalue weighted by atomic mass is 32.1. The predicted octanol–water partition coefficient (Wildman–Crippen LogP) is 3.75. The molecule has 0 bridgehead atoms. The Morgan fingerprint density at radius 2 is 1.54 bits per heavy atom. The van der Waals surface area contributed by atoms with Crippen molar-refractivity contribution >= 4 is 12.6 Å². The zero-order valence-corrected chi connectivity index (χ0v) is 9.77. The van der Waals surface area contributed by atoms with E-state index in [0.717, 1.165) is 6.42 Å². The van der Waals surface area contributed by atoms with Crippen molar-refractivity contribution in [2.24, 2.45) is 0 Å². The molecule has 0 saturated carbocycles. The highest BCUT2D eigenvalue weighted by Gasteiger charge is 1.96. The van der Waals surface area contributed by atoms with Gasteiger partial charge in [0.05, 0.1) is 0 Å². The Balaban J connectivity index is 0.000000671. The second-order valence-electron chi connectivity index (χ2n) is 2.87. The molecular formula is C12H20S. The third-order valence-electron chi connectivity index (χ3n) is 2.02. The molecular weight excluding hydrogens is 176 g/mol. The van der Waals surface area contributed by atoms with Crippen LogP contribution in [0.2, 0.25) is 0 Å². The molecule has 1 heteroatoms. The van der Waals surface area contributed by atoms with Crippen LogP contribution in [0.4, 0.5) is 0 Å². The topological polar surface area (TPSA) is 0 Å². The van der Waals surface area contributed by atoms with Gasteiger partial charge in [-0.15, -0.1) is 0 Å². The summed E-state index contributed by atoms with van der Waals surface area (Å²) in [4.78, 5) is 0. The molecule has 1 aromatic carbocycles. The van der Waals surface area contributed by atoms with Gasteiger partial charge in [-0.25, -0.2) is 0 Å². The number of rotatable bonds is 3. The van der Waals surface area contributed by atoms with Crippen molar-refractivity contribution in [3.8, 4) is 0 Å². The van der Waals surface area contributed by atoms with E-state index in [9.17, 15) is 0 Å². The molecule has 0 aliphatic rings. The summed E-state index contributed by atoms with van der Waals surface area (Å²) in [6.07, 6.45) is 5.33. The van der Waals surface area contributed by atoms with Crippen molar-refractivity contribution in [3.63, 3.8) is 0 Å². The summed E-state index contributed by atoms with van der Waals surface area (Å²) in [5.41, 5.74) is 3.03. The van der Waals surface area contributed by atoms with Crippen LogP contribution < -0.4 is 0 Å². The highest BCUT2D eigenvalue weighted by molar-refractivity contribution is 7.79. The van der Waals surface area contributed by atoms with Gasteiger partial charge in [0.25, 0.3) is 0 Å². The van der Waals surface area contributed by atoms with Gasteiger partial charge < -0.3 is 0 Å². The number of hydrogen-bond donors (Lipinski definition) is 1. The van der Waals surface area contributed by atoms with Crippen LogP contribution >= 0.6 is 12.6 Å². The minimum atomic E-state index is 1.16. The van der Waals surface area contributed by atoms with E-state index in [1.807, 2.05) is 0 Å². The predicted molar refractivity (Wildman–Crippen MR) is 64.7 cm³/mol. The van der Waals surface area contributed by atoms with Gasteiger partial charge in [-0.1, -0.05) is 44.5 Å². The first-order chi connectivity index (χ1) is 6.38. The molecule has 0 unspecified atom stereocenters. The second kappa shape index (κ2) is 8.18. The lowest BCUT2D eigenvalue weighted by molar-refractivity contribution is 0.899. The zero-order valence-electron chi connectivity index (χ0n) is 8.88. The standard InChI is InChI=1S/C11H16.CH4S/c1-3-7-11-9-6-5-8-10(11)4-2;1-2/h5-6,8-9H,3-4,7H2,1-2H3;2H,1H3. The van der Waals surface area contributed by atoms with Gasteiger partial charge in [0.2, 0.25) is 0 Å². The van der Waals surface area contributed by atoms with Gasteiger partial charge in [-0.05, 0) is 30.2 Å². The molecule has 74 valence electrons. The number of aryl methyl sites for hydroxylation is 2. The number of benzene rings is 1. The SMILES string of the molecule is CCCc1ccccc1CC.CS. The van der Waals surface area contributed by atoms with Gasteiger partial charge in [0.1, 0.15) is 0 Å². The maximum Gasteiger partial charge on any atom is -0.0215 e. The quantitative estimate of drug-likeness (QED) is 0.699. The third-order valence-corrected chi connectivity index (χ3v) is 2.02. The van der Waals surface area contributed by atoms with Crippen LogP contribution in [0, 0.1) is 0 Å². The maximum atomic E-state index is 3.53. The van der Waals surface area contributed by atoms with Gasteiger partial charge >= 0.3 is 0 Å². The lowest BCUT2D eigenvalue weighted by atomic mass is 10.0. The first-order valence-corrected chi connectivity index (χ1v) is 5.79. The molecule has 0 nitrogen and oxygen atoms in total. The summed E-state index contributed by atoms with van der Waals surface area (Å²) in [5.74, 6) is 0. The first kappa shape index (κ1) is 12.6. The van der Waals surface area contributed by atoms with Crippen LogP contribution in [0.25, 0.3) is 0 Å². The molecule has 1 rings (SSSR count). The Hall–Kier alpha value is -0.430. The fourth-order valence-corrected chi connectivity index (χ4v) is 1.42. The lowest BCUT2D eigenvalue weighted by Crippen LogP contribution is -1.90. The average molecular weight is 196 g/mol. The van der Waals surface area contributed by atoms with E-state index >= 15 is 0 Å². The molecule has 0 aromatic heterocycles. The highest BCUT2D eigenvalue weighted by Crippen LogP contribution is 2.10. The summed E-state index contributed by atoms with van der Waals surface area (Å²) in [6.45, 7) is 4.45. The molecule has 0 aliphatic carbocycles. The fourth-order valence-electron chi connectivity index (χ4n) is 1.42. The largest absolute Gasteiger partial charge is 0.183 e. The Morgan fingerprint density at radius 1 is 1.00 bits per heavy atom. The van der Waals surface area contributed by atoms with Gasteiger partial charge in [-0.3, -0.25) is 0 Å². The number of hydrogen-bond acceptors (Lipinski definition) is 1. The average Bonchev–Trinajstić information content (AvgIpc) is 2.22. The normalized spacial score (nSPS) is 8.92. The molecule has 0 amide bonds. The van der Waals surface area contributed by atoms with Gasteiger partial charge in [-0.2, -0.15) is 12.6 Å². The van der Waals surface area contributed by atoms with Gasteiger partial charge in [0, 0.05) is 0 Å². The van der Waals surface area contributed by atoms with Crippen LogP contribution in [-0.4, -0.2) is 6.26 Å². The molecule has 0 saturated heterocycles. The minimum Gasteiger partial charge on any atom is -0.183 e. The zero-order chi connectivity index (χ0) is 10.1. The smallest absolute Gasteiger partial charge is 0.0215 e. The van der Waals surface area contributed by atoms with Crippen molar-refractivity contribution in [1.29, 1.82) is 0 Å². The fraction of sp³-hybridized carbons (Fsp3) is 0.500. The minimum absolute atomic E-state index is 1.16. The van der Waals surface area contributed by atoms with Crippen LogP contribution in [0.5, 0.6) is 0 Å². The first-order valence-electron chi connectivity index (χ1n) is 4.90. The van der Waals surface area contributed by atoms with Crippen LogP contribution in [-0.2, 0) is 12.8 Å². The van der Waals surface area contributed by atoms with Crippen LogP contribution in [0.3, 0.4) is 0 Å². The summed E-state index contributed by atoms with van der Waals surface area (Å²) >= 11 is 3.53. The summed E-state index contributed by atoms with van der Waals surface area (Å²) in [5, 5.41) is 0. The van der Waals surface area contributed by atoms with Gasteiger partial charge in [0.15, 0.2) is 0 Å². The summed E-state index contributed by atoms with van der Waals surface area (Å²) in [7, 11) is 0. The monoisotopic (exact) mass is 196 g/mol. The lowest BCUT2D eigenvalue weighted by Gasteiger charge is -2.04. The molecule has 13 heavy (non-hydrogen) atoms. The Labute approximate surface area is 87.8 Å². The summed E-state index contributed by atoms with van der Waals surface area (Å²) < 4.78 is 0. The molecule has 0 fully saturated rings. The Bertz CT molecular complexity index is 218. The van der Waals surface area contributed by atoms with Crippen molar-refractivity contribution in [3.05, 3.63) is 35.4 Å². The van der Waals surface area contributed by atoms with E-state index < -0.39 is 0 Å². The Kier molecular flexibility index (Phi) is 7.91. The van der Waals surface area contributed by atoms with E-state index in [-0.39, 0.29) is 0 Å². The molecule has 0 heterocycles. The number of thiol groups is 1. The summed E-state index contributed by atoms with van der Waals surface area (Å²) in [6, 6.07) is 8.72. The molecule has 0 aliphatic heterocycles. The maximum absolute atomic E-state index is 3.53. The van der Waals surface area contributed by atoms with Crippen molar-refractivity contribution < 1.29 is 0 Å². The third kappa shape index (κ3) is 4.37. The molecule has 0 atom stereocenters. The van der Waals surface area contributed by atoms with Crippen molar-refractivity contribution in [1.82, 2.24) is 0 Å². The van der Waals surface area contributed by atoms with Crippen LogP contribution in [0.1, 0.15) is 31.4 Å². The molecule has 0 spiro atoms. The van der Waals surface area contributed by atoms with E-state index in [4.69, 9.17) is 0 Å². The Morgan fingerprint density at radius 3 is 2.00 bits per heavy atom. The van der Waals surface area contributed by atoms with Crippen molar-refractivity contribution in [2.45, 2.75) is 33.1 Å². The van der Waals surface area contributed by atoms with E-state index in [1.54, 1.807) is 6.26 Å². The van der Waals surface area contributed by atoms with E-state index in [2.05, 4.69) is 50.7 Å². The molecule has 1 aromatic rings. The van der Waals surface area contributed by atoms with E-state index in [1.165, 1.54) is 24.0 Å².